The highest BCUT2D eigenvalue weighted by Gasteiger charge is 2.11. The fourth-order valence-electron chi connectivity index (χ4n) is 2.06. The topological polar surface area (TPSA) is 17.1 Å². The van der Waals surface area contributed by atoms with Crippen molar-refractivity contribution in [3.8, 4) is 0 Å². The number of carbonyl (C=O) groups is 1. The van der Waals surface area contributed by atoms with Gasteiger partial charge < -0.3 is 0 Å². The average molecular weight is 256 g/mol. The van der Waals surface area contributed by atoms with Gasteiger partial charge in [0.2, 0.25) is 0 Å². The van der Waals surface area contributed by atoms with Crippen LogP contribution in [-0.4, -0.2) is 5.78 Å². The molecule has 0 unspecified atom stereocenters. The van der Waals surface area contributed by atoms with Gasteiger partial charge in [-0.1, -0.05) is 43.7 Å². The van der Waals surface area contributed by atoms with Crippen LogP contribution in [-0.2, 0) is 6.42 Å². The molecule has 1 nitrogen and oxygen atoms in total. The first-order valence-corrected chi connectivity index (χ1v) is 6.51. The lowest BCUT2D eigenvalue weighted by Gasteiger charge is -2.05. The first-order chi connectivity index (χ1) is 9.11. The van der Waals surface area contributed by atoms with Gasteiger partial charge in [0.1, 0.15) is 5.82 Å². The molecule has 0 atom stereocenters. The maximum atomic E-state index is 13.5. The largest absolute Gasteiger partial charge is 0.289 e. The minimum atomic E-state index is -0.337. The number of carbonyl (C=O) groups excluding carboxylic acids is 1. The molecule has 0 saturated carbocycles. The number of rotatable bonds is 4. The summed E-state index contributed by atoms with van der Waals surface area (Å²) in [7, 11) is 0. The maximum absolute atomic E-state index is 13.5. The second-order valence-electron chi connectivity index (χ2n) is 4.74. The Balaban J connectivity index is 2.32. The summed E-state index contributed by atoms with van der Waals surface area (Å²) < 4.78 is 13.5. The van der Waals surface area contributed by atoms with Gasteiger partial charge in [-0.15, -0.1) is 0 Å². The molecule has 0 radical (unpaired) electrons. The van der Waals surface area contributed by atoms with Crippen molar-refractivity contribution in [2.24, 2.45) is 0 Å². The van der Waals surface area contributed by atoms with Crippen molar-refractivity contribution in [3.05, 3.63) is 70.5 Å². The second-order valence-corrected chi connectivity index (χ2v) is 4.74. The Hall–Kier alpha value is -1.96. The Kier molecular flexibility index (Phi) is 4.10. The number of hydrogen-bond donors (Lipinski definition) is 0. The molecule has 0 N–H and O–H groups in total. The molecule has 0 saturated heterocycles. The summed E-state index contributed by atoms with van der Waals surface area (Å²) in [5.74, 6) is -0.465. The lowest BCUT2D eigenvalue weighted by Crippen LogP contribution is -2.03. The summed E-state index contributed by atoms with van der Waals surface area (Å²) in [6.45, 7) is 3.79. The first kappa shape index (κ1) is 13.5. The molecule has 0 aliphatic heterocycles. The van der Waals surface area contributed by atoms with Crippen LogP contribution in [0.15, 0.2) is 42.5 Å². The zero-order valence-corrected chi connectivity index (χ0v) is 11.2. The third kappa shape index (κ3) is 3.08. The molecule has 0 bridgehead atoms. The van der Waals surface area contributed by atoms with E-state index in [4.69, 9.17) is 0 Å². The lowest BCUT2D eigenvalue weighted by atomic mass is 9.99. The van der Waals surface area contributed by atoms with Crippen molar-refractivity contribution in [1.82, 2.24) is 0 Å². The lowest BCUT2D eigenvalue weighted by molar-refractivity contribution is 0.103. The summed E-state index contributed by atoms with van der Waals surface area (Å²) in [6.07, 6.45) is 1.99. The Morgan fingerprint density at radius 2 is 1.84 bits per heavy atom. The maximum Gasteiger partial charge on any atom is 0.193 e. The summed E-state index contributed by atoms with van der Waals surface area (Å²) >= 11 is 0. The van der Waals surface area contributed by atoms with E-state index in [0.29, 0.717) is 16.7 Å². The van der Waals surface area contributed by atoms with E-state index in [2.05, 4.69) is 6.92 Å². The van der Waals surface area contributed by atoms with Gasteiger partial charge in [0.05, 0.1) is 0 Å². The van der Waals surface area contributed by atoms with Crippen LogP contribution in [0.4, 0.5) is 4.39 Å². The minimum Gasteiger partial charge on any atom is -0.289 e. The minimum absolute atomic E-state index is 0.128. The zero-order valence-electron chi connectivity index (χ0n) is 11.2. The van der Waals surface area contributed by atoms with E-state index < -0.39 is 0 Å². The van der Waals surface area contributed by atoms with E-state index in [1.165, 1.54) is 6.07 Å². The number of hydrogen-bond acceptors (Lipinski definition) is 1. The van der Waals surface area contributed by atoms with Crippen molar-refractivity contribution in [3.63, 3.8) is 0 Å². The molecule has 2 aromatic carbocycles. The van der Waals surface area contributed by atoms with E-state index in [1.54, 1.807) is 25.1 Å². The Morgan fingerprint density at radius 3 is 2.53 bits per heavy atom. The van der Waals surface area contributed by atoms with Crippen LogP contribution >= 0.6 is 0 Å². The van der Waals surface area contributed by atoms with Crippen molar-refractivity contribution < 1.29 is 9.18 Å². The van der Waals surface area contributed by atoms with E-state index in [1.807, 2.05) is 18.2 Å². The Labute approximate surface area is 113 Å². The molecule has 0 aliphatic carbocycles. The predicted molar refractivity (Wildman–Crippen MR) is 75.0 cm³/mol. The smallest absolute Gasteiger partial charge is 0.193 e. The number of benzene rings is 2. The van der Waals surface area contributed by atoms with Gasteiger partial charge in [0, 0.05) is 11.1 Å². The SMILES string of the molecule is CCCc1cccc(C(=O)c2ccc(C)c(F)c2)c1. The van der Waals surface area contributed by atoms with Crippen LogP contribution in [0.1, 0.15) is 40.4 Å². The monoisotopic (exact) mass is 256 g/mol. The molecule has 2 rings (SSSR count). The molecule has 0 fully saturated rings. The highest BCUT2D eigenvalue weighted by Crippen LogP contribution is 2.15. The molecule has 0 aromatic heterocycles. The van der Waals surface area contributed by atoms with E-state index in [-0.39, 0.29) is 11.6 Å². The van der Waals surface area contributed by atoms with Gasteiger partial charge in [-0.25, -0.2) is 4.39 Å². The first-order valence-electron chi connectivity index (χ1n) is 6.51. The van der Waals surface area contributed by atoms with Crippen molar-refractivity contribution in [2.45, 2.75) is 26.7 Å². The molecule has 98 valence electrons. The number of halogens is 1. The molecule has 0 aliphatic rings. The Morgan fingerprint density at radius 1 is 1.11 bits per heavy atom. The van der Waals surface area contributed by atoms with Crippen LogP contribution in [0.5, 0.6) is 0 Å². The van der Waals surface area contributed by atoms with Crippen LogP contribution < -0.4 is 0 Å². The highest BCUT2D eigenvalue weighted by atomic mass is 19.1. The van der Waals surface area contributed by atoms with Gasteiger partial charge in [-0.05, 0) is 36.6 Å². The van der Waals surface area contributed by atoms with Crippen LogP contribution in [0.3, 0.4) is 0 Å². The van der Waals surface area contributed by atoms with Crippen LogP contribution in [0, 0.1) is 12.7 Å². The second kappa shape index (κ2) is 5.79. The van der Waals surface area contributed by atoms with Crippen molar-refractivity contribution >= 4 is 5.78 Å². The van der Waals surface area contributed by atoms with Gasteiger partial charge in [-0.2, -0.15) is 0 Å². The van der Waals surface area contributed by atoms with Crippen molar-refractivity contribution in [2.75, 3.05) is 0 Å². The molecule has 0 spiro atoms. The molecular weight excluding hydrogens is 239 g/mol. The Bertz CT molecular complexity index is 602. The van der Waals surface area contributed by atoms with Crippen LogP contribution in [0.2, 0.25) is 0 Å². The molecule has 19 heavy (non-hydrogen) atoms. The van der Waals surface area contributed by atoms with E-state index >= 15 is 0 Å². The summed E-state index contributed by atoms with van der Waals surface area (Å²) in [6, 6.07) is 12.2. The fourth-order valence-corrected chi connectivity index (χ4v) is 2.06. The highest BCUT2D eigenvalue weighted by molar-refractivity contribution is 6.09. The quantitative estimate of drug-likeness (QED) is 0.745. The predicted octanol–water partition coefficient (Wildman–Crippen LogP) is 4.32. The van der Waals surface area contributed by atoms with Gasteiger partial charge >= 0.3 is 0 Å². The molecule has 0 amide bonds. The normalized spacial score (nSPS) is 10.5. The summed E-state index contributed by atoms with van der Waals surface area (Å²) in [4.78, 5) is 12.3. The standard InChI is InChI=1S/C17H17FO/c1-3-5-13-6-4-7-14(10-13)17(19)15-9-8-12(2)16(18)11-15/h4,6-11H,3,5H2,1-2H3. The van der Waals surface area contributed by atoms with Crippen LogP contribution in [0.25, 0.3) is 0 Å². The third-order valence-electron chi connectivity index (χ3n) is 3.16. The molecule has 0 heterocycles. The molecule has 2 heteroatoms. The zero-order chi connectivity index (χ0) is 13.8. The molecule has 2 aromatic rings. The number of aryl methyl sites for hydroxylation is 2. The van der Waals surface area contributed by atoms with Gasteiger partial charge in [0.15, 0.2) is 5.78 Å². The third-order valence-corrected chi connectivity index (χ3v) is 3.16. The van der Waals surface area contributed by atoms with E-state index in [9.17, 15) is 9.18 Å². The van der Waals surface area contributed by atoms with E-state index in [0.717, 1.165) is 18.4 Å². The fraction of sp³-hybridized carbons (Fsp3) is 0.235. The number of ketones is 1. The summed E-state index contributed by atoms with van der Waals surface area (Å²) in [5.41, 5.74) is 2.71. The molecular formula is C17H17FO. The van der Waals surface area contributed by atoms with Gasteiger partial charge in [0.25, 0.3) is 0 Å². The summed E-state index contributed by atoms with van der Waals surface area (Å²) in [5, 5.41) is 0. The van der Waals surface area contributed by atoms with Gasteiger partial charge in [-0.3, -0.25) is 4.79 Å². The van der Waals surface area contributed by atoms with Crippen molar-refractivity contribution in [1.29, 1.82) is 0 Å². The average Bonchev–Trinajstić information content (AvgIpc) is 2.42.